The summed E-state index contributed by atoms with van der Waals surface area (Å²) in [6.45, 7) is 5.27. The molecule has 1 aromatic heterocycles. The Morgan fingerprint density at radius 1 is 1.40 bits per heavy atom. The molecular formula is C15H24N2O3. The van der Waals surface area contributed by atoms with Crippen molar-refractivity contribution in [2.75, 3.05) is 13.7 Å². The molecule has 1 aromatic rings. The molecule has 0 aromatic carbocycles. The molecule has 5 nitrogen and oxygen atoms in total. The lowest BCUT2D eigenvalue weighted by molar-refractivity contribution is -0.0172. The molecule has 0 radical (unpaired) electrons. The van der Waals surface area contributed by atoms with Crippen molar-refractivity contribution in [2.24, 2.45) is 0 Å². The van der Waals surface area contributed by atoms with Gasteiger partial charge >= 0.3 is 0 Å². The third-order valence-electron chi connectivity index (χ3n) is 3.92. The molecule has 1 aliphatic carbocycles. The van der Waals surface area contributed by atoms with Crippen molar-refractivity contribution >= 4 is 5.78 Å². The van der Waals surface area contributed by atoms with Gasteiger partial charge in [-0.3, -0.25) is 9.48 Å². The van der Waals surface area contributed by atoms with Crippen molar-refractivity contribution in [3.05, 3.63) is 11.9 Å². The summed E-state index contributed by atoms with van der Waals surface area (Å²) in [6, 6.07) is 0. The second kappa shape index (κ2) is 6.39. The molecule has 0 bridgehead atoms. The zero-order valence-corrected chi connectivity index (χ0v) is 12.6. The van der Waals surface area contributed by atoms with E-state index in [1.165, 1.54) is 0 Å². The molecule has 5 heteroatoms. The molecule has 0 saturated heterocycles. The van der Waals surface area contributed by atoms with Crippen molar-refractivity contribution < 1.29 is 14.3 Å². The number of ketones is 1. The second-order valence-electron chi connectivity index (χ2n) is 5.25. The van der Waals surface area contributed by atoms with Gasteiger partial charge in [-0.1, -0.05) is 6.92 Å². The first-order valence-corrected chi connectivity index (χ1v) is 7.47. The number of rotatable bonds is 7. The molecule has 0 amide bonds. The van der Waals surface area contributed by atoms with E-state index in [0.717, 1.165) is 32.1 Å². The molecule has 20 heavy (non-hydrogen) atoms. The van der Waals surface area contributed by atoms with Crippen LogP contribution in [0.25, 0.3) is 0 Å². The highest BCUT2D eigenvalue weighted by Crippen LogP contribution is 2.38. The lowest BCUT2D eigenvalue weighted by Crippen LogP contribution is -2.40. The average Bonchev–Trinajstić information content (AvgIpc) is 3.06. The highest BCUT2D eigenvalue weighted by molar-refractivity contribution is 6.03. The van der Waals surface area contributed by atoms with Crippen LogP contribution in [-0.4, -0.2) is 34.9 Å². The maximum atomic E-state index is 13.0. The fourth-order valence-corrected chi connectivity index (χ4v) is 3.00. The quantitative estimate of drug-likeness (QED) is 0.721. The molecule has 0 spiro atoms. The monoisotopic (exact) mass is 280 g/mol. The molecule has 2 rings (SSSR count). The van der Waals surface area contributed by atoms with E-state index < -0.39 is 5.60 Å². The van der Waals surface area contributed by atoms with Crippen LogP contribution in [0.5, 0.6) is 5.75 Å². The lowest BCUT2D eigenvalue weighted by atomic mass is 9.93. The predicted molar refractivity (Wildman–Crippen MR) is 76.2 cm³/mol. The number of methoxy groups -OCH3 is 1. The lowest BCUT2D eigenvalue weighted by Gasteiger charge is -2.27. The van der Waals surface area contributed by atoms with Gasteiger partial charge < -0.3 is 9.47 Å². The Morgan fingerprint density at radius 2 is 2.10 bits per heavy atom. The third kappa shape index (κ3) is 2.59. The molecule has 0 unspecified atom stereocenters. The van der Waals surface area contributed by atoms with Crippen LogP contribution in [0.3, 0.4) is 0 Å². The molecule has 1 fully saturated rings. The topological polar surface area (TPSA) is 53.4 Å². The van der Waals surface area contributed by atoms with Crippen LogP contribution in [0.15, 0.2) is 6.20 Å². The first-order valence-electron chi connectivity index (χ1n) is 7.47. The van der Waals surface area contributed by atoms with Crippen LogP contribution >= 0.6 is 0 Å². The Morgan fingerprint density at radius 3 is 2.65 bits per heavy atom. The van der Waals surface area contributed by atoms with Crippen LogP contribution < -0.4 is 4.74 Å². The average molecular weight is 280 g/mol. The van der Waals surface area contributed by atoms with Crippen molar-refractivity contribution in [3.8, 4) is 5.75 Å². The van der Waals surface area contributed by atoms with E-state index in [-0.39, 0.29) is 5.78 Å². The van der Waals surface area contributed by atoms with Gasteiger partial charge in [0, 0.05) is 13.2 Å². The summed E-state index contributed by atoms with van der Waals surface area (Å²) in [5.74, 6) is 0.578. The molecule has 0 N–H and O–H groups in total. The van der Waals surface area contributed by atoms with Gasteiger partial charge in [0.2, 0.25) is 5.78 Å². The third-order valence-corrected chi connectivity index (χ3v) is 3.92. The van der Waals surface area contributed by atoms with Gasteiger partial charge in [-0.25, -0.2) is 0 Å². The van der Waals surface area contributed by atoms with E-state index >= 15 is 0 Å². The number of ether oxygens (including phenoxy) is 2. The Bertz CT molecular complexity index is 462. The number of Topliss-reactive ketones (excluding diaryl/α,β-unsaturated/α-hetero) is 1. The van der Waals surface area contributed by atoms with Crippen molar-refractivity contribution in [1.82, 2.24) is 9.78 Å². The molecular weight excluding hydrogens is 256 g/mol. The molecule has 1 aliphatic rings. The maximum absolute atomic E-state index is 13.0. The summed E-state index contributed by atoms with van der Waals surface area (Å²) in [5.41, 5.74) is -0.113. The van der Waals surface area contributed by atoms with Gasteiger partial charge in [0.25, 0.3) is 0 Å². The minimum atomic E-state index is -0.673. The predicted octanol–water partition coefficient (Wildman–Crippen LogP) is 2.83. The normalized spacial score (nSPS) is 17.4. The minimum Gasteiger partial charge on any atom is -0.493 e. The Hall–Kier alpha value is -1.36. The highest BCUT2D eigenvalue weighted by Gasteiger charge is 2.44. The summed E-state index contributed by atoms with van der Waals surface area (Å²) in [7, 11) is 1.58. The molecule has 112 valence electrons. The van der Waals surface area contributed by atoms with Crippen LogP contribution in [0.1, 0.15) is 56.4 Å². The van der Waals surface area contributed by atoms with E-state index in [1.54, 1.807) is 18.0 Å². The standard InChI is InChI=1S/C15H24N2O3/c1-4-10-17-13(12(19-3)11-16-17)14(18)15(20-5-2)8-6-7-9-15/h11H,4-10H2,1-3H3. The van der Waals surface area contributed by atoms with Crippen LogP contribution in [0.4, 0.5) is 0 Å². The molecule has 0 atom stereocenters. The van der Waals surface area contributed by atoms with Crippen molar-refractivity contribution in [1.29, 1.82) is 0 Å². The number of nitrogens with zero attached hydrogens (tertiary/aromatic N) is 2. The first-order chi connectivity index (χ1) is 9.68. The van der Waals surface area contributed by atoms with Gasteiger partial charge in [0.05, 0.1) is 13.3 Å². The van der Waals surface area contributed by atoms with Crippen molar-refractivity contribution in [3.63, 3.8) is 0 Å². The number of hydrogen-bond donors (Lipinski definition) is 0. The molecule has 0 aliphatic heterocycles. The number of aromatic nitrogens is 2. The van der Waals surface area contributed by atoms with E-state index in [9.17, 15) is 4.79 Å². The van der Waals surface area contributed by atoms with Gasteiger partial charge in [0.15, 0.2) is 5.75 Å². The molecule has 1 saturated carbocycles. The first kappa shape index (κ1) is 15.0. The second-order valence-corrected chi connectivity index (χ2v) is 5.25. The van der Waals surface area contributed by atoms with E-state index in [0.29, 0.717) is 24.6 Å². The Labute approximate surface area is 120 Å². The van der Waals surface area contributed by atoms with Crippen LogP contribution in [0.2, 0.25) is 0 Å². The SMILES string of the molecule is CCCn1ncc(OC)c1C(=O)C1(OCC)CCCC1. The molecule has 1 heterocycles. The fraction of sp³-hybridized carbons (Fsp3) is 0.733. The zero-order chi connectivity index (χ0) is 14.6. The Kier molecular flexibility index (Phi) is 4.81. The van der Waals surface area contributed by atoms with E-state index in [4.69, 9.17) is 9.47 Å². The zero-order valence-electron chi connectivity index (χ0n) is 12.6. The summed E-state index contributed by atoms with van der Waals surface area (Å²) in [6.07, 6.45) is 6.20. The summed E-state index contributed by atoms with van der Waals surface area (Å²) >= 11 is 0. The van der Waals surface area contributed by atoms with Gasteiger partial charge in [-0.2, -0.15) is 5.10 Å². The fourth-order valence-electron chi connectivity index (χ4n) is 3.00. The van der Waals surface area contributed by atoms with Gasteiger partial charge in [0.1, 0.15) is 11.3 Å². The summed E-state index contributed by atoms with van der Waals surface area (Å²) in [4.78, 5) is 13.0. The van der Waals surface area contributed by atoms with E-state index in [2.05, 4.69) is 12.0 Å². The number of hydrogen-bond acceptors (Lipinski definition) is 4. The minimum absolute atomic E-state index is 0.0275. The number of carbonyl (C=O) groups is 1. The van der Waals surface area contributed by atoms with E-state index in [1.807, 2.05) is 6.92 Å². The van der Waals surface area contributed by atoms with Gasteiger partial charge in [-0.15, -0.1) is 0 Å². The van der Waals surface area contributed by atoms with Crippen LogP contribution in [-0.2, 0) is 11.3 Å². The summed E-state index contributed by atoms with van der Waals surface area (Å²) < 4.78 is 12.9. The van der Waals surface area contributed by atoms with Crippen LogP contribution in [0, 0.1) is 0 Å². The number of carbonyl (C=O) groups excluding carboxylic acids is 1. The maximum Gasteiger partial charge on any atom is 0.216 e. The van der Waals surface area contributed by atoms with Crippen molar-refractivity contribution in [2.45, 2.75) is 58.1 Å². The highest BCUT2D eigenvalue weighted by atomic mass is 16.5. The smallest absolute Gasteiger partial charge is 0.216 e. The number of aryl methyl sites for hydroxylation is 1. The largest absolute Gasteiger partial charge is 0.493 e. The summed E-state index contributed by atoms with van der Waals surface area (Å²) in [5, 5.41) is 4.28. The van der Waals surface area contributed by atoms with Gasteiger partial charge in [-0.05, 0) is 39.0 Å². The Balaban J connectivity index is 2.37.